The Balaban J connectivity index is 1.56. The van der Waals surface area contributed by atoms with E-state index in [1.165, 1.54) is 0 Å². The predicted octanol–water partition coefficient (Wildman–Crippen LogP) is 5.74. The lowest BCUT2D eigenvalue weighted by atomic mass is 9.79. The lowest BCUT2D eigenvalue weighted by Crippen LogP contribution is -2.26. The zero-order valence-corrected chi connectivity index (χ0v) is 18.3. The molecule has 2 atom stereocenters. The van der Waals surface area contributed by atoms with E-state index in [1.54, 1.807) is 25.6 Å². The highest BCUT2D eigenvalue weighted by Gasteiger charge is 2.36. The average molecular weight is 433 g/mol. The lowest BCUT2D eigenvalue weighted by Gasteiger charge is -2.29. The molecule has 3 aromatic rings. The van der Waals surface area contributed by atoms with Gasteiger partial charge >= 0.3 is 0 Å². The first-order valence-electron chi connectivity index (χ1n) is 10.3. The van der Waals surface area contributed by atoms with E-state index in [0.717, 1.165) is 40.2 Å². The van der Waals surface area contributed by atoms with Crippen LogP contribution < -0.4 is 20.1 Å². The van der Waals surface area contributed by atoms with Crippen LogP contribution in [0, 0.1) is 0 Å². The van der Waals surface area contributed by atoms with Crippen LogP contribution in [0.3, 0.4) is 0 Å². The number of para-hydroxylation sites is 2. The minimum Gasteiger partial charge on any atom is -0.493 e. The van der Waals surface area contributed by atoms with E-state index in [9.17, 15) is 4.79 Å². The Morgan fingerprint density at radius 3 is 2.48 bits per heavy atom. The summed E-state index contributed by atoms with van der Waals surface area (Å²) in [4.78, 5) is 13.5. The monoisotopic (exact) mass is 432 g/mol. The molecule has 2 heterocycles. The number of benzene rings is 2. The van der Waals surface area contributed by atoms with Crippen molar-refractivity contribution in [1.82, 2.24) is 0 Å². The molecule has 0 amide bonds. The van der Waals surface area contributed by atoms with E-state index in [0.29, 0.717) is 17.9 Å². The van der Waals surface area contributed by atoms with Crippen LogP contribution in [0.2, 0.25) is 0 Å². The number of methoxy groups -OCH3 is 2. The van der Waals surface area contributed by atoms with Gasteiger partial charge in [0.1, 0.15) is 0 Å². The Morgan fingerprint density at radius 1 is 0.935 bits per heavy atom. The largest absolute Gasteiger partial charge is 0.493 e. The van der Waals surface area contributed by atoms with Crippen molar-refractivity contribution in [1.29, 1.82) is 0 Å². The number of nitrogens with one attached hydrogen (secondary N) is 2. The standard InChI is InChI=1S/C25H24N2O3S/c1-29-22-8-7-15(13-23(22)30-2)17-11-20-24(21(28)12-17)25(16-9-10-31-14-16)27-19-6-4-3-5-18(19)26-20/h3-10,13-14,17,25-27H,11-12H2,1-2H3/t17-,25-/m0/s1. The number of carbonyl (C=O) groups excluding carboxylic acids is 1. The second-order valence-electron chi connectivity index (χ2n) is 7.84. The molecule has 5 nitrogen and oxygen atoms in total. The fourth-order valence-electron chi connectivity index (χ4n) is 4.52. The Kier molecular flexibility index (Phi) is 5.16. The van der Waals surface area contributed by atoms with E-state index in [2.05, 4.69) is 33.5 Å². The molecule has 0 spiro atoms. The second-order valence-corrected chi connectivity index (χ2v) is 8.62. The van der Waals surface area contributed by atoms with E-state index in [4.69, 9.17) is 9.47 Å². The first kappa shape index (κ1) is 19.7. The van der Waals surface area contributed by atoms with Gasteiger partial charge in [-0.1, -0.05) is 18.2 Å². The molecule has 0 fully saturated rings. The Hall–Kier alpha value is -3.25. The van der Waals surface area contributed by atoms with Crippen LogP contribution in [-0.2, 0) is 4.79 Å². The third-order valence-corrected chi connectivity index (χ3v) is 6.77. The number of hydrogen-bond donors (Lipinski definition) is 2. The fraction of sp³-hybridized carbons (Fsp3) is 0.240. The number of Topliss-reactive ketones (excluding diaryl/α,β-unsaturated/α-hetero) is 1. The molecular formula is C25H24N2O3S. The van der Waals surface area contributed by atoms with Crippen LogP contribution in [0.15, 0.2) is 70.6 Å². The number of carbonyl (C=O) groups is 1. The van der Waals surface area contributed by atoms with Gasteiger partial charge in [-0.25, -0.2) is 0 Å². The highest BCUT2D eigenvalue weighted by Crippen LogP contribution is 2.45. The van der Waals surface area contributed by atoms with Gasteiger partial charge in [-0.3, -0.25) is 4.79 Å². The predicted molar refractivity (Wildman–Crippen MR) is 124 cm³/mol. The molecule has 1 aromatic heterocycles. The van der Waals surface area contributed by atoms with Crippen LogP contribution in [0.5, 0.6) is 11.5 Å². The van der Waals surface area contributed by atoms with Crippen molar-refractivity contribution in [3.8, 4) is 11.5 Å². The van der Waals surface area contributed by atoms with Crippen LogP contribution in [0.4, 0.5) is 11.4 Å². The second kappa shape index (κ2) is 8.12. The van der Waals surface area contributed by atoms with Gasteiger partial charge in [0.2, 0.25) is 0 Å². The van der Waals surface area contributed by atoms with Gasteiger partial charge in [0.15, 0.2) is 17.3 Å². The van der Waals surface area contributed by atoms with Gasteiger partial charge in [-0.2, -0.15) is 11.3 Å². The summed E-state index contributed by atoms with van der Waals surface area (Å²) in [6.07, 6.45) is 1.22. The Labute approximate surface area is 185 Å². The number of thiophene rings is 1. The van der Waals surface area contributed by atoms with Crippen molar-refractivity contribution >= 4 is 28.5 Å². The number of ketones is 1. The molecule has 2 aromatic carbocycles. The molecule has 6 heteroatoms. The Morgan fingerprint density at radius 2 is 1.74 bits per heavy atom. The molecule has 158 valence electrons. The molecular weight excluding hydrogens is 408 g/mol. The number of rotatable bonds is 4. The number of anilines is 2. The van der Waals surface area contributed by atoms with Crippen molar-refractivity contribution in [2.45, 2.75) is 24.8 Å². The average Bonchev–Trinajstić information content (AvgIpc) is 3.27. The quantitative estimate of drug-likeness (QED) is 0.550. The maximum atomic E-state index is 13.5. The summed E-state index contributed by atoms with van der Waals surface area (Å²) in [6.45, 7) is 0. The van der Waals surface area contributed by atoms with E-state index >= 15 is 0 Å². The summed E-state index contributed by atoms with van der Waals surface area (Å²) in [6, 6.07) is 16.0. The molecule has 0 saturated carbocycles. The van der Waals surface area contributed by atoms with E-state index < -0.39 is 0 Å². The fourth-order valence-corrected chi connectivity index (χ4v) is 5.21. The summed E-state index contributed by atoms with van der Waals surface area (Å²) in [5.41, 5.74) is 6.03. The lowest BCUT2D eigenvalue weighted by molar-refractivity contribution is -0.116. The number of hydrogen-bond acceptors (Lipinski definition) is 6. The molecule has 0 saturated heterocycles. The first-order valence-corrected chi connectivity index (χ1v) is 11.2. The van der Waals surface area contributed by atoms with Crippen molar-refractivity contribution in [2.24, 2.45) is 0 Å². The van der Waals surface area contributed by atoms with Crippen molar-refractivity contribution in [2.75, 3.05) is 24.9 Å². The smallest absolute Gasteiger partial charge is 0.163 e. The molecule has 1 aliphatic heterocycles. The maximum Gasteiger partial charge on any atom is 0.163 e. The minimum absolute atomic E-state index is 0.0759. The summed E-state index contributed by atoms with van der Waals surface area (Å²) < 4.78 is 10.9. The molecule has 0 bridgehead atoms. The highest BCUT2D eigenvalue weighted by atomic mass is 32.1. The van der Waals surface area contributed by atoms with Crippen molar-refractivity contribution < 1.29 is 14.3 Å². The first-order chi connectivity index (χ1) is 15.2. The molecule has 5 rings (SSSR count). The number of allylic oxidation sites excluding steroid dienone is 1. The van der Waals surface area contributed by atoms with E-state index in [1.807, 2.05) is 36.4 Å². The third kappa shape index (κ3) is 3.57. The molecule has 2 aliphatic rings. The van der Waals surface area contributed by atoms with Gasteiger partial charge in [-0.15, -0.1) is 0 Å². The minimum atomic E-state index is -0.156. The number of fused-ring (bicyclic) bond motifs is 1. The summed E-state index contributed by atoms with van der Waals surface area (Å²) in [5, 5.41) is 11.4. The van der Waals surface area contributed by atoms with E-state index in [-0.39, 0.29) is 17.7 Å². The third-order valence-electron chi connectivity index (χ3n) is 6.06. The molecule has 31 heavy (non-hydrogen) atoms. The SMILES string of the molecule is COc1ccc([C@@H]2CC(=O)C3=C(C2)Nc2ccccc2N[C@H]3c2ccsc2)cc1OC. The molecule has 0 unspecified atom stereocenters. The van der Waals surface area contributed by atoms with Crippen LogP contribution >= 0.6 is 11.3 Å². The maximum absolute atomic E-state index is 13.5. The van der Waals surface area contributed by atoms with Crippen molar-refractivity contribution in [3.05, 3.63) is 81.7 Å². The van der Waals surface area contributed by atoms with Gasteiger partial charge in [0, 0.05) is 17.7 Å². The summed E-state index contributed by atoms with van der Waals surface area (Å²) in [5.74, 6) is 1.62. The van der Waals surface area contributed by atoms with Gasteiger partial charge in [0.25, 0.3) is 0 Å². The molecule has 0 radical (unpaired) electrons. The molecule has 2 N–H and O–H groups in total. The summed E-state index contributed by atoms with van der Waals surface area (Å²) >= 11 is 1.65. The highest BCUT2D eigenvalue weighted by molar-refractivity contribution is 7.08. The normalized spacial score (nSPS) is 20.1. The zero-order chi connectivity index (χ0) is 21.4. The Bertz CT molecular complexity index is 1150. The van der Waals surface area contributed by atoms with Crippen LogP contribution in [0.25, 0.3) is 0 Å². The van der Waals surface area contributed by atoms with Gasteiger partial charge < -0.3 is 20.1 Å². The molecule has 1 aliphatic carbocycles. The summed E-state index contributed by atoms with van der Waals surface area (Å²) in [7, 11) is 3.26. The van der Waals surface area contributed by atoms with Crippen LogP contribution in [0.1, 0.15) is 35.9 Å². The number of ether oxygens (including phenoxy) is 2. The van der Waals surface area contributed by atoms with Crippen LogP contribution in [-0.4, -0.2) is 20.0 Å². The van der Waals surface area contributed by atoms with Gasteiger partial charge in [0.05, 0.1) is 31.6 Å². The van der Waals surface area contributed by atoms with Gasteiger partial charge in [-0.05, 0) is 64.6 Å². The topological polar surface area (TPSA) is 59.6 Å². The van der Waals surface area contributed by atoms with Crippen molar-refractivity contribution in [3.63, 3.8) is 0 Å². The zero-order valence-electron chi connectivity index (χ0n) is 17.5.